The normalized spacial score (nSPS) is 13.8. The zero-order valence-electron chi connectivity index (χ0n) is 11.8. The van der Waals surface area contributed by atoms with Gasteiger partial charge >= 0.3 is 0 Å². The molecule has 0 N–H and O–H groups in total. The summed E-state index contributed by atoms with van der Waals surface area (Å²) in [6.07, 6.45) is 1.60. The molecule has 0 radical (unpaired) electrons. The number of rotatable bonds is 3. The number of hydrogen-bond donors (Lipinski definition) is 0. The topological polar surface area (TPSA) is 64.4 Å². The minimum absolute atomic E-state index is 0.0716. The number of methoxy groups -OCH3 is 1. The Hall–Kier alpha value is -1.21. The lowest BCUT2D eigenvalue weighted by Gasteiger charge is -2.18. The van der Waals surface area contributed by atoms with Crippen molar-refractivity contribution >= 4 is 28.1 Å². The van der Waals surface area contributed by atoms with Crippen LogP contribution in [0.15, 0.2) is 6.07 Å². The van der Waals surface area contributed by atoms with Crippen molar-refractivity contribution < 1.29 is 14.3 Å². The van der Waals surface area contributed by atoms with E-state index in [0.29, 0.717) is 17.6 Å². The fraction of sp³-hybridized carbons (Fsp3) is 0.615. The summed E-state index contributed by atoms with van der Waals surface area (Å²) >= 11 is 3.16. The van der Waals surface area contributed by atoms with Crippen molar-refractivity contribution in [1.29, 1.82) is 0 Å². The summed E-state index contributed by atoms with van der Waals surface area (Å²) < 4.78 is 6.35. The minimum atomic E-state index is 0.0716. The molecule has 1 aliphatic heterocycles. The smallest absolute Gasteiger partial charge is 0.233 e. The van der Waals surface area contributed by atoms with Gasteiger partial charge in [-0.1, -0.05) is 15.9 Å². The first-order valence-electron chi connectivity index (χ1n) is 6.50. The molecule has 0 bridgehead atoms. The SMILES string of the molecule is CCOC.O=Cc1cc2n(n1)CCCN(C(=O)CBr)C2. The predicted molar refractivity (Wildman–Crippen MR) is 79.0 cm³/mol. The van der Waals surface area contributed by atoms with E-state index in [9.17, 15) is 9.59 Å². The van der Waals surface area contributed by atoms with Gasteiger partial charge in [0.05, 0.1) is 17.6 Å². The number of carbonyl (C=O) groups is 2. The van der Waals surface area contributed by atoms with Crippen LogP contribution in [0.3, 0.4) is 0 Å². The number of fused-ring (bicyclic) bond motifs is 1. The number of alkyl halides is 1. The van der Waals surface area contributed by atoms with Crippen LogP contribution >= 0.6 is 15.9 Å². The van der Waals surface area contributed by atoms with Crippen LogP contribution in [0.2, 0.25) is 0 Å². The van der Waals surface area contributed by atoms with Gasteiger partial charge in [0.1, 0.15) is 5.69 Å². The Morgan fingerprint density at radius 2 is 2.25 bits per heavy atom. The third-order valence-corrected chi connectivity index (χ3v) is 3.39. The average Bonchev–Trinajstić information content (AvgIpc) is 2.77. The maximum absolute atomic E-state index is 11.6. The number of hydrogen-bond acceptors (Lipinski definition) is 4. The van der Waals surface area contributed by atoms with E-state index in [0.717, 1.165) is 38.1 Å². The standard InChI is InChI=1S/C10H12BrN3O2.C3H8O/c11-5-10(16)13-2-1-3-14-9(6-13)4-8(7-15)12-14;1-3-4-2/h4,7H,1-3,5-6H2;3H2,1-2H3. The quantitative estimate of drug-likeness (QED) is 0.614. The number of amides is 1. The average molecular weight is 346 g/mol. The summed E-state index contributed by atoms with van der Waals surface area (Å²) in [5.41, 5.74) is 1.36. The monoisotopic (exact) mass is 345 g/mol. The molecule has 2 heterocycles. The van der Waals surface area contributed by atoms with E-state index in [2.05, 4.69) is 25.8 Å². The molecule has 0 aliphatic carbocycles. The first kappa shape index (κ1) is 16.8. The molecule has 20 heavy (non-hydrogen) atoms. The zero-order valence-corrected chi connectivity index (χ0v) is 13.4. The van der Waals surface area contributed by atoms with Crippen LogP contribution in [-0.4, -0.2) is 52.5 Å². The molecule has 0 spiro atoms. The van der Waals surface area contributed by atoms with Gasteiger partial charge in [-0.2, -0.15) is 5.10 Å². The van der Waals surface area contributed by atoms with Crippen molar-refractivity contribution in [3.05, 3.63) is 17.5 Å². The summed E-state index contributed by atoms with van der Waals surface area (Å²) in [5, 5.41) is 4.48. The van der Waals surface area contributed by atoms with Crippen molar-refractivity contribution in [2.75, 3.05) is 25.6 Å². The molecule has 2 rings (SSSR count). The van der Waals surface area contributed by atoms with Crippen molar-refractivity contribution in [1.82, 2.24) is 14.7 Å². The van der Waals surface area contributed by atoms with Gasteiger partial charge in [-0.3, -0.25) is 14.3 Å². The van der Waals surface area contributed by atoms with Gasteiger partial charge in [-0.25, -0.2) is 0 Å². The first-order valence-corrected chi connectivity index (χ1v) is 7.63. The highest BCUT2D eigenvalue weighted by molar-refractivity contribution is 9.09. The van der Waals surface area contributed by atoms with Crippen LogP contribution in [0.5, 0.6) is 0 Å². The summed E-state index contributed by atoms with van der Waals surface area (Å²) in [4.78, 5) is 24.0. The highest BCUT2D eigenvalue weighted by Gasteiger charge is 2.19. The molecule has 0 fully saturated rings. The Balaban J connectivity index is 0.000000444. The second kappa shape index (κ2) is 8.86. The third kappa shape index (κ3) is 4.72. The molecule has 1 aliphatic rings. The second-order valence-electron chi connectivity index (χ2n) is 4.28. The van der Waals surface area contributed by atoms with Crippen molar-refractivity contribution in [3.63, 3.8) is 0 Å². The van der Waals surface area contributed by atoms with Crippen molar-refractivity contribution in [2.45, 2.75) is 26.4 Å². The zero-order chi connectivity index (χ0) is 15.0. The summed E-state index contributed by atoms with van der Waals surface area (Å²) in [6, 6.07) is 1.74. The molecule has 7 heteroatoms. The van der Waals surface area contributed by atoms with Gasteiger partial charge in [0.25, 0.3) is 0 Å². The van der Waals surface area contributed by atoms with Crippen LogP contribution in [0.1, 0.15) is 29.5 Å². The van der Waals surface area contributed by atoms with E-state index >= 15 is 0 Å². The molecule has 0 saturated heterocycles. The molecule has 0 unspecified atom stereocenters. The van der Waals surface area contributed by atoms with Gasteiger partial charge in [0, 0.05) is 26.8 Å². The van der Waals surface area contributed by atoms with E-state index < -0.39 is 0 Å². The lowest BCUT2D eigenvalue weighted by Crippen LogP contribution is -2.31. The largest absolute Gasteiger partial charge is 0.385 e. The molecule has 0 atom stereocenters. The number of carbonyl (C=O) groups excluding carboxylic acids is 2. The Kier molecular flexibility index (Phi) is 7.46. The van der Waals surface area contributed by atoms with Crippen molar-refractivity contribution in [3.8, 4) is 0 Å². The lowest BCUT2D eigenvalue weighted by atomic mass is 10.3. The van der Waals surface area contributed by atoms with E-state index in [1.54, 1.807) is 18.1 Å². The number of aromatic nitrogens is 2. The highest BCUT2D eigenvalue weighted by Crippen LogP contribution is 2.13. The van der Waals surface area contributed by atoms with Gasteiger partial charge in [0.2, 0.25) is 5.91 Å². The number of ether oxygens (including phenoxy) is 1. The van der Waals surface area contributed by atoms with Gasteiger partial charge in [-0.15, -0.1) is 0 Å². The van der Waals surface area contributed by atoms with Crippen molar-refractivity contribution in [2.24, 2.45) is 0 Å². The van der Waals surface area contributed by atoms with E-state index in [4.69, 9.17) is 0 Å². The second-order valence-corrected chi connectivity index (χ2v) is 4.84. The third-order valence-electron chi connectivity index (χ3n) is 2.91. The van der Waals surface area contributed by atoms with Crippen LogP contribution in [0.4, 0.5) is 0 Å². The predicted octanol–water partition coefficient (Wildman–Crippen LogP) is 1.48. The number of aryl methyl sites for hydroxylation is 1. The lowest BCUT2D eigenvalue weighted by molar-refractivity contribution is -0.128. The number of aldehydes is 1. The molecular weight excluding hydrogens is 326 g/mol. The van der Waals surface area contributed by atoms with E-state index in [1.165, 1.54) is 0 Å². The molecule has 0 aromatic carbocycles. The van der Waals surface area contributed by atoms with E-state index in [1.807, 2.05) is 11.6 Å². The molecule has 112 valence electrons. The van der Waals surface area contributed by atoms with Crippen LogP contribution in [0.25, 0.3) is 0 Å². The van der Waals surface area contributed by atoms with Crippen LogP contribution in [0, 0.1) is 0 Å². The van der Waals surface area contributed by atoms with Gasteiger partial charge in [0.15, 0.2) is 6.29 Å². The molecule has 1 aromatic heterocycles. The molecular formula is C13H20BrN3O3. The molecule has 1 aromatic rings. The summed E-state index contributed by atoms with van der Waals surface area (Å²) in [5.74, 6) is 0.0716. The maximum Gasteiger partial charge on any atom is 0.233 e. The Morgan fingerprint density at radius 3 is 2.80 bits per heavy atom. The Bertz CT molecular complexity index is 446. The Labute approximate surface area is 127 Å². The Morgan fingerprint density at radius 1 is 1.55 bits per heavy atom. The molecule has 1 amide bonds. The number of halogens is 1. The fourth-order valence-electron chi connectivity index (χ4n) is 1.84. The minimum Gasteiger partial charge on any atom is -0.385 e. The number of nitrogens with zero attached hydrogens (tertiary/aromatic N) is 3. The van der Waals surface area contributed by atoms with Crippen LogP contribution < -0.4 is 0 Å². The van der Waals surface area contributed by atoms with Gasteiger partial charge in [-0.05, 0) is 19.4 Å². The fourth-order valence-corrected chi connectivity index (χ4v) is 2.19. The first-order chi connectivity index (χ1) is 9.65. The summed E-state index contributed by atoms with van der Waals surface area (Å²) in [6.45, 7) is 4.81. The maximum atomic E-state index is 11.6. The van der Waals surface area contributed by atoms with E-state index in [-0.39, 0.29) is 5.91 Å². The van der Waals surface area contributed by atoms with Crippen LogP contribution in [-0.2, 0) is 22.6 Å². The molecule has 0 saturated carbocycles. The summed E-state index contributed by atoms with van der Waals surface area (Å²) in [7, 11) is 1.68. The van der Waals surface area contributed by atoms with Gasteiger partial charge < -0.3 is 9.64 Å². The molecule has 6 nitrogen and oxygen atoms in total. The highest BCUT2D eigenvalue weighted by atomic mass is 79.9.